The van der Waals surface area contributed by atoms with Crippen molar-refractivity contribution in [3.05, 3.63) is 69.3 Å². The van der Waals surface area contributed by atoms with E-state index in [1.165, 1.54) is 6.07 Å². The van der Waals surface area contributed by atoms with E-state index in [-0.39, 0.29) is 24.6 Å². The molecule has 0 aliphatic carbocycles. The molecule has 0 saturated heterocycles. The van der Waals surface area contributed by atoms with Crippen molar-refractivity contribution in [3.8, 4) is 11.8 Å². The van der Waals surface area contributed by atoms with Crippen LogP contribution in [0, 0.1) is 21.4 Å². The predicted molar refractivity (Wildman–Crippen MR) is 76.5 cm³/mol. The molecule has 2 aromatic rings. The number of hydrogen-bond donors (Lipinski definition) is 1. The van der Waals surface area contributed by atoms with Crippen LogP contribution in [0.3, 0.4) is 0 Å². The molecule has 2 N–H and O–H groups in total. The molecular formula is C15H13N3O3. The van der Waals surface area contributed by atoms with Crippen LogP contribution in [0.5, 0.6) is 5.75 Å². The zero-order valence-electron chi connectivity index (χ0n) is 11.2. The Balaban J connectivity index is 2.15. The van der Waals surface area contributed by atoms with E-state index in [0.29, 0.717) is 11.1 Å². The lowest BCUT2D eigenvalue weighted by Crippen LogP contribution is -2.02. The lowest BCUT2D eigenvalue weighted by molar-refractivity contribution is -0.386. The van der Waals surface area contributed by atoms with Crippen LogP contribution in [0.15, 0.2) is 42.5 Å². The number of nitrogens with two attached hydrogens (primary N) is 1. The summed E-state index contributed by atoms with van der Waals surface area (Å²) in [7, 11) is 0. The van der Waals surface area contributed by atoms with Crippen molar-refractivity contribution in [2.75, 3.05) is 0 Å². The maximum atomic E-state index is 11.0. The van der Waals surface area contributed by atoms with E-state index in [0.717, 1.165) is 5.56 Å². The number of nitriles is 1. The quantitative estimate of drug-likeness (QED) is 0.670. The minimum absolute atomic E-state index is 0.105. The normalized spacial score (nSPS) is 9.90. The fraction of sp³-hybridized carbons (Fsp3) is 0.133. The molecule has 0 atom stereocenters. The molecule has 0 aliphatic heterocycles. The van der Waals surface area contributed by atoms with Gasteiger partial charge < -0.3 is 10.5 Å². The number of rotatable bonds is 5. The van der Waals surface area contributed by atoms with E-state index in [1.54, 1.807) is 36.4 Å². The third-order valence-corrected chi connectivity index (χ3v) is 2.93. The SMILES string of the molecule is N#Cc1ccc(COc2ccc(CN)cc2[N+](=O)[O-])cc1. The zero-order valence-corrected chi connectivity index (χ0v) is 11.2. The van der Waals surface area contributed by atoms with Gasteiger partial charge in [-0.1, -0.05) is 18.2 Å². The fourth-order valence-corrected chi connectivity index (χ4v) is 1.79. The van der Waals surface area contributed by atoms with Gasteiger partial charge in [0.25, 0.3) is 0 Å². The second-order valence-corrected chi connectivity index (χ2v) is 4.36. The lowest BCUT2D eigenvalue weighted by Gasteiger charge is -2.08. The highest BCUT2D eigenvalue weighted by Crippen LogP contribution is 2.28. The zero-order chi connectivity index (χ0) is 15.2. The Kier molecular flexibility index (Phi) is 4.49. The molecule has 0 amide bonds. The van der Waals surface area contributed by atoms with Gasteiger partial charge in [-0.2, -0.15) is 5.26 Å². The summed E-state index contributed by atoms with van der Waals surface area (Å²) in [6.07, 6.45) is 0. The molecular weight excluding hydrogens is 270 g/mol. The molecule has 0 aliphatic rings. The standard InChI is InChI=1S/C15H13N3O3/c16-8-11-1-3-12(4-2-11)10-21-15-6-5-13(9-17)7-14(15)18(19)20/h1-7H,9-10,17H2. The summed E-state index contributed by atoms with van der Waals surface area (Å²) < 4.78 is 5.49. The summed E-state index contributed by atoms with van der Waals surface area (Å²) >= 11 is 0. The number of nitro benzene ring substituents is 1. The Bertz CT molecular complexity index is 690. The van der Waals surface area contributed by atoms with Crippen LogP contribution in [0.2, 0.25) is 0 Å². The second-order valence-electron chi connectivity index (χ2n) is 4.36. The second kappa shape index (κ2) is 6.50. The molecule has 0 bridgehead atoms. The average molecular weight is 283 g/mol. The fourth-order valence-electron chi connectivity index (χ4n) is 1.79. The Morgan fingerprint density at radius 1 is 1.19 bits per heavy atom. The number of hydrogen-bond acceptors (Lipinski definition) is 5. The highest BCUT2D eigenvalue weighted by atomic mass is 16.6. The maximum Gasteiger partial charge on any atom is 0.311 e. The molecule has 0 aromatic heterocycles. The molecule has 0 radical (unpaired) electrons. The van der Waals surface area contributed by atoms with Crippen molar-refractivity contribution in [3.63, 3.8) is 0 Å². The Morgan fingerprint density at radius 3 is 2.43 bits per heavy atom. The first kappa shape index (κ1) is 14.5. The average Bonchev–Trinajstić information content (AvgIpc) is 2.53. The van der Waals surface area contributed by atoms with Gasteiger partial charge in [-0.15, -0.1) is 0 Å². The largest absolute Gasteiger partial charge is 0.482 e. The summed E-state index contributed by atoms with van der Waals surface area (Å²) in [5.41, 5.74) is 7.42. The van der Waals surface area contributed by atoms with Crippen molar-refractivity contribution < 1.29 is 9.66 Å². The molecule has 0 spiro atoms. The summed E-state index contributed by atoms with van der Waals surface area (Å²) in [5, 5.41) is 19.8. The van der Waals surface area contributed by atoms with Crippen molar-refractivity contribution in [2.24, 2.45) is 5.73 Å². The van der Waals surface area contributed by atoms with E-state index < -0.39 is 4.92 Å². The third kappa shape index (κ3) is 3.55. The molecule has 2 rings (SSSR count). The number of ether oxygens (including phenoxy) is 1. The van der Waals surface area contributed by atoms with Crippen LogP contribution in [0.25, 0.3) is 0 Å². The predicted octanol–water partition coefficient (Wildman–Crippen LogP) is 2.50. The van der Waals surface area contributed by atoms with Crippen molar-refractivity contribution >= 4 is 5.69 Å². The minimum atomic E-state index is -0.493. The van der Waals surface area contributed by atoms with Crippen LogP contribution < -0.4 is 10.5 Å². The van der Waals surface area contributed by atoms with Crippen molar-refractivity contribution in [1.82, 2.24) is 0 Å². The molecule has 0 heterocycles. The molecule has 6 nitrogen and oxygen atoms in total. The van der Waals surface area contributed by atoms with E-state index in [9.17, 15) is 10.1 Å². The van der Waals surface area contributed by atoms with Crippen LogP contribution in [0.4, 0.5) is 5.69 Å². The van der Waals surface area contributed by atoms with Gasteiger partial charge in [-0.05, 0) is 29.3 Å². The van der Waals surface area contributed by atoms with Gasteiger partial charge in [-0.3, -0.25) is 10.1 Å². The van der Waals surface area contributed by atoms with Crippen LogP contribution in [-0.2, 0) is 13.2 Å². The molecule has 2 aromatic carbocycles. The van der Waals surface area contributed by atoms with Gasteiger partial charge in [0, 0.05) is 12.6 Å². The number of nitro groups is 1. The highest BCUT2D eigenvalue weighted by Gasteiger charge is 2.15. The topological polar surface area (TPSA) is 102 Å². The number of benzene rings is 2. The lowest BCUT2D eigenvalue weighted by atomic mass is 10.1. The molecule has 21 heavy (non-hydrogen) atoms. The van der Waals surface area contributed by atoms with Crippen LogP contribution in [0.1, 0.15) is 16.7 Å². The van der Waals surface area contributed by atoms with Gasteiger partial charge in [0.2, 0.25) is 0 Å². The first-order valence-corrected chi connectivity index (χ1v) is 6.23. The van der Waals surface area contributed by atoms with E-state index in [4.69, 9.17) is 15.7 Å². The van der Waals surface area contributed by atoms with E-state index in [2.05, 4.69) is 0 Å². The van der Waals surface area contributed by atoms with Crippen LogP contribution in [-0.4, -0.2) is 4.92 Å². The van der Waals surface area contributed by atoms with Gasteiger partial charge >= 0.3 is 5.69 Å². The Labute approximate surface area is 121 Å². The van der Waals surface area contributed by atoms with Crippen LogP contribution >= 0.6 is 0 Å². The summed E-state index contributed by atoms with van der Waals surface area (Å²) in [4.78, 5) is 10.5. The molecule has 6 heteroatoms. The van der Waals surface area contributed by atoms with Crippen molar-refractivity contribution in [2.45, 2.75) is 13.2 Å². The molecule has 0 saturated carbocycles. The Hall–Kier alpha value is -2.91. The smallest absolute Gasteiger partial charge is 0.311 e. The third-order valence-electron chi connectivity index (χ3n) is 2.93. The van der Waals surface area contributed by atoms with Gasteiger partial charge in [0.15, 0.2) is 5.75 Å². The van der Waals surface area contributed by atoms with Gasteiger partial charge in [0.05, 0.1) is 16.6 Å². The first-order chi connectivity index (χ1) is 10.1. The van der Waals surface area contributed by atoms with Gasteiger partial charge in [-0.25, -0.2) is 0 Å². The monoisotopic (exact) mass is 283 g/mol. The minimum Gasteiger partial charge on any atom is -0.482 e. The van der Waals surface area contributed by atoms with E-state index >= 15 is 0 Å². The molecule has 0 fully saturated rings. The highest BCUT2D eigenvalue weighted by molar-refractivity contribution is 5.48. The summed E-state index contributed by atoms with van der Waals surface area (Å²) in [6, 6.07) is 13.5. The summed E-state index contributed by atoms with van der Waals surface area (Å²) in [5.74, 6) is 0.196. The summed E-state index contributed by atoms with van der Waals surface area (Å²) in [6.45, 7) is 0.422. The maximum absolute atomic E-state index is 11.0. The molecule has 0 unspecified atom stereocenters. The van der Waals surface area contributed by atoms with E-state index in [1.807, 2.05) is 6.07 Å². The van der Waals surface area contributed by atoms with Gasteiger partial charge in [0.1, 0.15) is 6.61 Å². The molecule has 106 valence electrons. The Morgan fingerprint density at radius 2 is 1.86 bits per heavy atom. The first-order valence-electron chi connectivity index (χ1n) is 6.23. The van der Waals surface area contributed by atoms with Crippen molar-refractivity contribution in [1.29, 1.82) is 5.26 Å². The number of nitrogens with zero attached hydrogens (tertiary/aromatic N) is 2.